The van der Waals surface area contributed by atoms with Gasteiger partial charge in [0, 0.05) is 37.8 Å². The Kier molecular flexibility index (Phi) is 3.86. The number of hydrogen-bond acceptors (Lipinski definition) is 3. The highest BCUT2D eigenvalue weighted by Gasteiger charge is 2.51. The number of benzene rings is 1. The van der Waals surface area contributed by atoms with E-state index in [1.54, 1.807) is 4.90 Å². The lowest BCUT2D eigenvalue weighted by atomic mass is 9.88. The number of ether oxygens (including phenoxy) is 1. The van der Waals surface area contributed by atoms with Crippen LogP contribution in [0.5, 0.6) is 0 Å². The first kappa shape index (κ1) is 16.9. The SMILES string of the molecule is O=C(c1ccc2ccccn12)N1CCN2C(=O)OCC2(Cc2ccccc2)C1. The van der Waals surface area contributed by atoms with Crippen molar-refractivity contribution in [3.05, 3.63) is 78.1 Å². The average Bonchev–Trinajstić information content (AvgIpc) is 3.29. The van der Waals surface area contributed by atoms with Crippen LogP contribution in [0.3, 0.4) is 0 Å². The zero-order valence-electron chi connectivity index (χ0n) is 15.5. The summed E-state index contributed by atoms with van der Waals surface area (Å²) in [5.74, 6) is -0.0161. The lowest BCUT2D eigenvalue weighted by Gasteiger charge is -2.44. The van der Waals surface area contributed by atoms with Crippen LogP contribution in [0.25, 0.3) is 5.52 Å². The van der Waals surface area contributed by atoms with E-state index in [0.717, 1.165) is 11.1 Å². The number of fused-ring (bicyclic) bond motifs is 2. The number of carbonyl (C=O) groups is 2. The second kappa shape index (κ2) is 6.41. The predicted molar refractivity (Wildman–Crippen MR) is 104 cm³/mol. The molecule has 2 amide bonds. The first-order chi connectivity index (χ1) is 13.7. The molecule has 142 valence electrons. The Balaban J connectivity index is 1.46. The van der Waals surface area contributed by atoms with E-state index in [1.165, 1.54) is 0 Å². The normalized spacial score (nSPS) is 21.6. The van der Waals surface area contributed by atoms with Crippen molar-refractivity contribution in [1.29, 1.82) is 0 Å². The Hall–Kier alpha value is -3.28. The second-order valence-electron chi connectivity index (χ2n) is 7.53. The Labute approximate surface area is 162 Å². The van der Waals surface area contributed by atoms with E-state index in [-0.39, 0.29) is 12.0 Å². The lowest BCUT2D eigenvalue weighted by Crippen LogP contribution is -2.63. The first-order valence-electron chi connectivity index (χ1n) is 9.50. The minimum Gasteiger partial charge on any atom is -0.447 e. The molecule has 2 saturated heterocycles. The number of aromatic nitrogens is 1. The number of piperazine rings is 1. The van der Waals surface area contributed by atoms with E-state index in [0.29, 0.717) is 38.4 Å². The molecule has 0 N–H and O–H groups in total. The van der Waals surface area contributed by atoms with Crippen LogP contribution in [0.15, 0.2) is 66.9 Å². The molecule has 0 saturated carbocycles. The van der Waals surface area contributed by atoms with Gasteiger partial charge in [-0.1, -0.05) is 36.4 Å². The zero-order valence-corrected chi connectivity index (χ0v) is 15.5. The first-order valence-corrected chi connectivity index (χ1v) is 9.50. The van der Waals surface area contributed by atoms with Crippen LogP contribution in [-0.4, -0.2) is 58.0 Å². The molecule has 2 aliphatic heterocycles. The molecular weight excluding hydrogens is 354 g/mol. The third-order valence-corrected chi connectivity index (χ3v) is 5.78. The molecule has 2 aliphatic rings. The van der Waals surface area contributed by atoms with E-state index in [4.69, 9.17) is 4.74 Å². The Morgan fingerprint density at radius 3 is 2.68 bits per heavy atom. The monoisotopic (exact) mass is 375 g/mol. The Morgan fingerprint density at radius 2 is 1.82 bits per heavy atom. The summed E-state index contributed by atoms with van der Waals surface area (Å²) in [5.41, 5.74) is 2.25. The maximum atomic E-state index is 13.3. The molecule has 1 aromatic carbocycles. The van der Waals surface area contributed by atoms with Crippen LogP contribution >= 0.6 is 0 Å². The smallest absolute Gasteiger partial charge is 0.410 e. The summed E-state index contributed by atoms with van der Waals surface area (Å²) >= 11 is 0. The molecule has 2 aromatic heterocycles. The predicted octanol–water partition coefficient (Wildman–Crippen LogP) is 2.83. The van der Waals surface area contributed by atoms with Gasteiger partial charge in [0.15, 0.2) is 0 Å². The summed E-state index contributed by atoms with van der Waals surface area (Å²) in [5, 5.41) is 0. The van der Waals surface area contributed by atoms with Crippen molar-refractivity contribution in [2.75, 3.05) is 26.2 Å². The molecule has 0 radical (unpaired) electrons. The van der Waals surface area contributed by atoms with Crippen molar-refractivity contribution in [3.63, 3.8) is 0 Å². The van der Waals surface area contributed by atoms with E-state index < -0.39 is 5.54 Å². The molecule has 0 aliphatic carbocycles. The van der Waals surface area contributed by atoms with Crippen LogP contribution in [-0.2, 0) is 11.2 Å². The van der Waals surface area contributed by atoms with Crippen LogP contribution in [0.1, 0.15) is 16.1 Å². The van der Waals surface area contributed by atoms with Crippen LogP contribution in [0, 0.1) is 0 Å². The fourth-order valence-corrected chi connectivity index (χ4v) is 4.40. The van der Waals surface area contributed by atoms with Crippen molar-refractivity contribution in [3.8, 4) is 0 Å². The number of cyclic esters (lactones) is 1. The van der Waals surface area contributed by atoms with Crippen molar-refractivity contribution < 1.29 is 14.3 Å². The van der Waals surface area contributed by atoms with Gasteiger partial charge in [0.2, 0.25) is 0 Å². The van der Waals surface area contributed by atoms with Gasteiger partial charge >= 0.3 is 6.09 Å². The summed E-state index contributed by atoms with van der Waals surface area (Å²) in [6, 6.07) is 19.7. The minimum atomic E-state index is -0.514. The standard InChI is InChI=1S/C22H21N3O3/c26-20(19-10-9-18-8-4-5-11-24(18)19)23-12-13-25-21(27)28-16-22(25,15-23)14-17-6-2-1-3-7-17/h1-11H,12-16H2. The fraction of sp³-hybridized carbons (Fsp3) is 0.273. The minimum absolute atomic E-state index is 0.0161. The highest BCUT2D eigenvalue weighted by molar-refractivity contribution is 5.94. The molecule has 6 nitrogen and oxygen atoms in total. The van der Waals surface area contributed by atoms with E-state index in [2.05, 4.69) is 12.1 Å². The number of amides is 2. The van der Waals surface area contributed by atoms with E-state index >= 15 is 0 Å². The van der Waals surface area contributed by atoms with Gasteiger partial charge in [-0.05, 0) is 29.8 Å². The van der Waals surface area contributed by atoms with Crippen molar-refractivity contribution >= 4 is 17.5 Å². The number of hydrogen-bond donors (Lipinski definition) is 0. The number of rotatable bonds is 3. The van der Waals surface area contributed by atoms with Gasteiger partial charge in [-0.15, -0.1) is 0 Å². The Bertz CT molecular complexity index is 1050. The summed E-state index contributed by atoms with van der Waals surface area (Å²) in [6.45, 7) is 1.76. The quantitative estimate of drug-likeness (QED) is 0.707. The summed E-state index contributed by atoms with van der Waals surface area (Å²) in [4.78, 5) is 29.2. The summed E-state index contributed by atoms with van der Waals surface area (Å²) in [7, 11) is 0. The molecule has 2 fully saturated rings. The number of pyridine rings is 1. The molecule has 1 unspecified atom stereocenters. The molecule has 5 rings (SSSR count). The highest BCUT2D eigenvalue weighted by atomic mass is 16.6. The molecule has 0 spiro atoms. The molecule has 28 heavy (non-hydrogen) atoms. The van der Waals surface area contributed by atoms with Crippen LogP contribution < -0.4 is 0 Å². The maximum Gasteiger partial charge on any atom is 0.410 e. The molecule has 4 heterocycles. The number of nitrogens with zero attached hydrogens (tertiary/aromatic N) is 3. The van der Waals surface area contributed by atoms with Crippen molar-refractivity contribution in [2.45, 2.75) is 12.0 Å². The topological polar surface area (TPSA) is 54.3 Å². The second-order valence-corrected chi connectivity index (χ2v) is 7.53. The van der Waals surface area contributed by atoms with E-state index in [1.807, 2.05) is 64.0 Å². The van der Waals surface area contributed by atoms with Crippen LogP contribution in [0.2, 0.25) is 0 Å². The molecule has 1 atom stereocenters. The van der Waals surface area contributed by atoms with Gasteiger partial charge in [0.05, 0.1) is 0 Å². The fourth-order valence-electron chi connectivity index (χ4n) is 4.40. The number of carbonyl (C=O) groups excluding carboxylic acids is 2. The van der Waals surface area contributed by atoms with Gasteiger partial charge in [0.25, 0.3) is 5.91 Å². The largest absolute Gasteiger partial charge is 0.447 e. The summed E-state index contributed by atoms with van der Waals surface area (Å²) in [6.07, 6.45) is 2.29. The highest BCUT2D eigenvalue weighted by Crippen LogP contribution is 2.33. The molecular formula is C22H21N3O3. The zero-order chi connectivity index (χ0) is 19.1. The van der Waals surface area contributed by atoms with Gasteiger partial charge in [-0.25, -0.2) is 4.79 Å². The third-order valence-electron chi connectivity index (χ3n) is 5.78. The molecule has 0 bridgehead atoms. The molecule has 6 heteroatoms. The average molecular weight is 375 g/mol. The van der Waals surface area contributed by atoms with Gasteiger partial charge in [-0.3, -0.25) is 9.69 Å². The lowest BCUT2D eigenvalue weighted by molar-refractivity contribution is 0.0370. The maximum absolute atomic E-state index is 13.3. The van der Waals surface area contributed by atoms with Gasteiger partial charge < -0.3 is 14.0 Å². The molecule has 3 aromatic rings. The summed E-state index contributed by atoms with van der Waals surface area (Å²) < 4.78 is 7.32. The van der Waals surface area contributed by atoms with Gasteiger partial charge in [0.1, 0.15) is 17.8 Å². The Morgan fingerprint density at radius 1 is 1.00 bits per heavy atom. The van der Waals surface area contributed by atoms with Crippen LogP contribution in [0.4, 0.5) is 4.79 Å². The van der Waals surface area contributed by atoms with Crippen molar-refractivity contribution in [2.24, 2.45) is 0 Å². The van der Waals surface area contributed by atoms with Crippen molar-refractivity contribution in [1.82, 2.24) is 14.2 Å². The van der Waals surface area contributed by atoms with E-state index in [9.17, 15) is 9.59 Å². The third kappa shape index (κ3) is 2.64. The van der Waals surface area contributed by atoms with Gasteiger partial charge in [-0.2, -0.15) is 0 Å².